The fourth-order valence-electron chi connectivity index (χ4n) is 2.27. The molecule has 0 rings (SSSR count). The molecule has 11 nitrogen and oxygen atoms in total. The Hall–Kier alpha value is -1.05. The predicted octanol–water partition coefficient (Wildman–Crippen LogP) is -0.137. The third-order valence-corrected chi connectivity index (χ3v) is 3.98. The largest absolute Gasteiger partial charge is 0.379 e. The summed E-state index contributed by atoms with van der Waals surface area (Å²) < 4.78 is 32.3. The lowest BCUT2D eigenvalue weighted by Gasteiger charge is -2.09. The maximum Gasteiger partial charge on any atom is 0.314 e. The van der Waals surface area contributed by atoms with E-state index < -0.39 is 0 Å². The Morgan fingerprint density at radius 3 is 1.06 bits per heavy atom. The minimum absolute atomic E-state index is 0.180. The minimum atomic E-state index is -0.180. The van der Waals surface area contributed by atoms with Crippen LogP contribution in [0.2, 0.25) is 0 Å². The molecule has 0 aromatic rings. The molecule has 0 saturated heterocycles. The van der Waals surface area contributed by atoms with Crippen molar-refractivity contribution in [2.45, 2.75) is 25.7 Å². The maximum atomic E-state index is 11.7. The highest BCUT2D eigenvalue weighted by molar-refractivity contribution is 5.73. The summed E-state index contributed by atoms with van der Waals surface area (Å²) in [7, 11) is 0. The van der Waals surface area contributed by atoms with E-state index in [2.05, 4.69) is 10.6 Å². The Kier molecular flexibility index (Phi) is 27.1. The van der Waals surface area contributed by atoms with Gasteiger partial charge in [-0.1, -0.05) is 0 Å². The van der Waals surface area contributed by atoms with E-state index in [1.807, 2.05) is 0 Å². The average molecular weight is 467 g/mol. The molecule has 6 N–H and O–H groups in total. The lowest BCUT2D eigenvalue weighted by Crippen LogP contribution is -2.37. The first-order valence-electron chi connectivity index (χ1n) is 11.7. The van der Waals surface area contributed by atoms with Crippen LogP contribution in [0.25, 0.3) is 0 Å². The van der Waals surface area contributed by atoms with Crippen LogP contribution in [0, 0.1) is 0 Å². The van der Waals surface area contributed by atoms with Crippen LogP contribution >= 0.6 is 0 Å². The van der Waals surface area contributed by atoms with Crippen molar-refractivity contribution in [2.24, 2.45) is 11.5 Å². The highest BCUT2D eigenvalue weighted by atomic mass is 16.5. The number of carbonyl (C=O) groups excluding carboxylic acids is 1. The fraction of sp³-hybridized carbons (Fsp3) is 0.952. The van der Waals surface area contributed by atoms with Gasteiger partial charge in [0.2, 0.25) is 0 Å². The molecule has 0 aliphatic rings. The van der Waals surface area contributed by atoms with Crippen molar-refractivity contribution in [3.05, 3.63) is 0 Å². The lowest BCUT2D eigenvalue weighted by atomic mass is 10.4. The summed E-state index contributed by atoms with van der Waals surface area (Å²) in [6.07, 6.45) is 3.23. The fourth-order valence-corrected chi connectivity index (χ4v) is 2.27. The number of carbonyl (C=O) groups is 1. The molecule has 0 bridgehead atoms. The Labute approximate surface area is 193 Å². The summed E-state index contributed by atoms with van der Waals surface area (Å²) in [5, 5.41) is 5.59. The number of ether oxygens (including phenoxy) is 6. The van der Waals surface area contributed by atoms with Gasteiger partial charge in [-0.25, -0.2) is 4.79 Å². The smallest absolute Gasteiger partial charge is 0.314 e. The van der Waals surface area contributed by atoms with Gasteiger partial charge in [0.1, 0.15) is 0 Å². The van der Waals surface area contributed by atoms with Gasteiger partial charge in [0.05, 0.1) is 52.9 Å². The zero-order valence-electron chi connectivity index (χ0n) is 19.7. The molecule has 0 spiro atoms. The lowest BCUT2D eigenvalue weighted by molar-refractivity contribution is 0.0140. The van der Waals surface area contributed by atoms with Crippen molar-refractivity contribution in [2.75, 3.05) is 105 Å². The predicted molar refractivity (Wildman–Crippen MR) is 123 cm³/mol. The van der Waals surface area contributed by atoms with E-state index in [9.17, 15) is 4.79 Å². The van der Waals surface area contributed by atoms with Crippen molar-refractivity contribution in [3.8, 4) is 0 Å². The summed E-state index contributed by atoms with van der Waals surface area (Å²) >= 11 is 0. The molecule has 0 aliphatic carbocycles. The Bertz CT molecular complexity index is 350. The van der Waals surface area contributed by atoms with Crippen LogP contribution in [-0.2, 0) is 28.4 Å². The van der Waals surface area contributed by atoms with E-state index in [-0.39, 0.29) is 6.03 Å². The average Bonchev–Trinajstić information content (AvgIpc) is 2.80. The first-order chi connectivity index (χ1) is 15.8. The highest BCUT2D eigenvalue weighted by Gasteiger charge is 1.99. The second-order valence-electron chi connectivity index (χ2n) is 6.85. The molecule has 2 amide bonds. The zero-order valence-corrected chi connectivity index (χ0v) is 19.7. The van der Waals surface area contributed by atoms with Gasteiger partial charge in [0.15, 0.2) is 0 Å². The summed E-state index contributed by atoms with van der Waals surface area (Å²) in [5.74, 6) is 0. The molecule has 0 atom stereocenters. The summed E-state index contributed by atoms with van der Waals surface area (Å²) in [4.78, 5) is 11.7. The molecule has 32 heavy (non-hydrogen) atoms. The van der Waals surface area contributed by atoms with Crippen molar-refractivity contribution in [1.82, 2.24) is 10.6 Å². The van der Waals surface area contributed by atoms with Crippen LogP contribution in [0.4, 0.5) is 4.79 Å². The van der Waals surface area contributed by atoms with E-state index in [1.54, 1.807) is 0 Å². The second kappa shape index (κ2) is 28.0. The highest BCUT2D eigenvalue weighted by Crippen LogP contribution is 1.87. The summed E-state index contributed by atoms with van der Waals surface area (Å²) in [6.45, 7) is 9.30. The molecule has 0 aromatic carbocycles. The third kappa shape index (κ3) is 27.0. The van der Waals surface area contributed by atoms with Crippen molar-refractivity contribution in [3.63, 3.8) is 0 Å². The molecular formula is C21H46N4O7. The number of hydrogen-bond acceptors (Lipinski definition) is 9. The van der Waals surface area contributed by atoms with Gasteiger partial charge in [-0.3, -0.25) is 0 Å². The van der Waals surface area contributed by atoms with Gasteiger partial charge < -0.3 is 50.5 Å². The number of amides is 2. The Morgan fingerprint density at radius 2 is 0.750 bits per heavy atom. The standard InChI is InChI=1S/C21H46N4O7/c22-5-1-9-27-13-17-31-19-15-29-11-3-7-24-21(26)25-8-4-12-30-16-20-32-18-14-28-10-2-6-23/h1-20,22-23H2,(H2,24,25,26). The van der Waals surface area contributed by atoms with Crippen LogP contribution in [0.5, 0.6) is 0 Å². The van der Waals surface area contributed by atoms with Gasteiger partial charge >= 0.3 is 6.03 Å². The normalized spacial score (nSPS) is 11.1. The number of nitrogens with one attached hydrogen (secondary N) is 2. The quantitative estimate of drug-likeness (QED) is 0.128. The number of rotatable bonds is 26. The van der Waals surface area contributed by atoms with Crippen LogP contribution in [-0.4, -0.2) is 111 Å². The van der Waals surface area contributed by atoms with Crippen molar-refractivity contribution < 1.29 is 33.2 Å². The van der Waals surface area contributed by atoms with E-state index in [0.29, 0.717) is 105 Å². The van der Waals surface area contributed by atoms with E-state index in [0.717, 1.165) is 25.7 Å². The summed E-state index contributed by atoms with van der Waals surface area (Å²) in [6, 6.07) is -0.180. The molecule has 0 aromatic heterocycles. The molecule has 11 heteroatoms. The van der Waals surface area contributed by atoms with E-state index in [4.69, 9.17) is 39.9 Å². The minimum Gasteiger partial charge on any atom is -0.379 e. The van der Waals surface area contributed by atoms with Gasteiger partial charge in [0.25, 0.3) is 0 Å². The van der Waals surface area contributed by atoms with Crippen LogP contribution in [0.1, 0.15) is 25.7 Å². The molecule has 0 aliphatic heterocycles. The number of urea groups is 1. The van der Waals surface area contributed by atoms with Gasteiger partial charge in [-0.05, 0) is 38.8 Å². The van der Waals surface area contributed by atoms with Crippen molar-refractivity contribution in [1.29, 1.82) is 0 Å². The van der Waals surface area contributed by atoms with Gasteiger partial charge in [-0.2, -0.15) is 0 Å². The van der Waals surface area contributed by atoms with Crippen LogP contribution in [0.3, 0.4) is 0 Å². The summed E-state index contributed by atoms with van der Waals surface area (Å²) in [5.41, 5.74) is 10.7. The molecule has 0 fully saturated rings. The third-order valence-electron chi connectivity index (χ3n) is 3.98. The monoisotopic (exact) mass is 466 g/mol. The molecule has 192 valence electrons. The molecule has 0 heterocycles. The molecular weight excluding hydrogens is 420 g/mol. The molecule has 0 saturated carbocycles. The van der Waals surface area contributed by atoms with Crippen LogP contribution in [0.15, 0.2) is 0 Å². The van der Waals surface area contributed by atoms with E-state index >= 15 is 0 Å². The Morgan fingerprint density at radius 1 is 0.469 bits per heavy atom. The number of nitrogens with two attached hydrogens (primary N) is 2. The maximum absolute atomic E-state index is 11.7. The topological polar surface area (TPSA) is 149 Å². The Balaban J connectivity index is 3.14. The zero-order chi connectivity index (χ0) is 23.4. The van der Waals surface area contributed by atoms with Crippen LogP contribution < -0.4 is 22.1 Å². The first-order valence-corrected chi connectivity index (χ1v) is 11.7. The molecule has 0 radical (unpaired) electrons. The molecule has 0 unspecified atom stereocenters. The van der Waals surface area contributed by atoms with Gasteiger partial charge in [-0.15, -0.1) is 0 Å². The first kappa shape index (κ1) is 30.9. The van der Waals surface area contributed by atoms with E-state index in [1.165, 1.54) is 0 Å². The van der Waals surface area contributed by atoms with Crippen molar-refractivity contribution >= 4 is 6.03 Å². The number of hydrogen-bond donors (Lipinski definition) is 4. The van der Waals surface area contributed by atoms with Gasteiger partial charge in [0, 0.05) is 39.5 Å². The SMILES string of the molecule is NCCCOCCOCCOCCCNC(=O)NCCCOCCOCCOCCCN. The second-order valence-corrected chi connectivity index (χ2v) is 6.85.